The minimum absolute atomic E-state index is 0.0542. The third kappa shape index (κ3) is 4.95. The molecule has 2 rings (SSSR count). The molecule has 2 N–H and O–H groups in total. The van der Waals surface area contributed by atoms with E-state index in [1.54, 1.807) is 0 Å². The lowest BCUT2D eigenvalue weighted by Crippen LogP contribution is -2.32. The molecule has 0 spiro atoms. The molecule has 0 fully saturated rings. The highest BCUT2D eigenvalue weighted by atomic mass is 16.2. The van der Waals surface area contributed by atoms with Gasteiger partial charge in [-0.1, -0.05) is 36.2 Å². The van der Waals surface area contributed by atoms with Crippen LogP contribution in [0.5, 0.6) is 0 Å². The quantitative estimate of drug-likeness (QED) is 0.891. The Labute approximate surface area is 136 Å². The summed E-state index contributed by atoms with van der Waals surface area (Å²) in [6.07, 6.45) is 0.959. The van der Waals surface area contributed by atoms with Crippen LogP contribution in [-0.4, -0.2) is 18.4 Å². The number of benzene rings is 2. The Bertz CT molecular complexity index is 686. The first-order valence-corrected chi connectivity index (χ1v) is 7.73. The normalized spacial score (nSPS) is 10.2. The molecular formula is C19H22N2O2. The van der Waals surface area contributed by atoms with E-state index in [0.717, 1.165) is 23.2 Å². The largest absolute Gasteiger partial charge is 0.343 e. The molecule has 2 aromatic rings. The van der Waals surface area contributed by atoms with E-state index in [4.69, 9.17) is 0 Å². The minimum atomic E-state index is -0.244. The molecule has 0 aliphatic carbocycles. The molecule has 0 atom stereocenters. The van der Waals surface area contributed by atoms with E-state index < -0.39 is 0 Å². The summed E-state index contributed by atoms with van der Waals surface area (Å²) in [7, 11) is 0. The van der Waals surface area contributed by atoms with Gasteiger partial charge in [0, 0.05) is 11.3 Å². The minimum Gasteiger partial charge on any atom is -0.343 e. The van der Waals surface area contributed by atoms with Gasteiger partial charge in [-0.15, -0.1) is 0 Å². The fraction of sp³-hybridized carbons (Fsp3) is 0.263. The van der Waals surface area contributed by atoms with Crippen molar-refractivity contribution in [3.05, 3.63) is 64.7 Å². The van der Waals surface area contributed by atoms with Gasteiger partial charge in [-0.3, -0.25) is 9.59 Å². The number of carbonyl (C=O) groups is 2. The number of aryl methyl sites for hydroxylation is 3. The number of hydrogen-bond acceptors (Lipinski definition) is 2. The Balaban J connectivity index is 1.89. The number of carbonyl (C=O) groups excluding carboxylic acids is 2. The lowest BCUT2D eigenvalue weighted by atomic mass is 10.1. The van der Waals surface area contributed by atoms with Crippen molar-refractivity contribution in [1.82, 2.24) is 5.32 Å². The van der Waals surface area contributed by atoms with Crippen LogP contribution in [-0.2, 0) is 11.2 Å². The summed E-state index contributed by atoms with van der Waals surface area (Å²) in [5.74, 6) is -0.486. The highest BCUT2D eigenvalue weighted by Crippen LogP contribution is 2.10. The SMILES string of the molecule is CCc1ccc(NC(=O)CNC(=O)c2cc(C)cc(C)c2)cc1. The lowest BCUT2D eigenvalue weighted by molar-refractivity contribution is -0.115. The zero-order chi connectivity index (χ0) is 16.8. The summed E-state index contributed by atoms with van der Waals surface area (Å²) >= 11 is 0. The summed E-state index contributed by atoms with van der Waals surface area (Å²) in [6.45, 7) is 5.91. The number of anilines is 1. The molecule has 0 bridgehead atoms. The topological polar surface area (TPSA) is 58.2 Å². The van der Waals surface area contributed by atoms with E-state index in [9.17, 15) is 9.59 Å². The fourth-order valence-corrected chi connectivity index (χ4v) is 2.40. The monoisotopic (exact) mass is 310 g/mol. The molecule has 0 aliphatic rings. The van der Waals surface area contributed by atoms with Gasteiger partial charge in [0.15, 0.2) is 0 Å². The first-order valence-electron chi connectivity index (χ1n) is 7.73. The van der Waals surface area contributed by atoms with Crippen molar-refractivity contribution in [3.63, 3.8) is 0 Å². The van der Waals surface area contributed by atoms with Crippen molar-refractivity contribution < 1.29 is 9.59 Å². The van der Waals surface area contributed by atoms with Crippen molar-refractivity contribution in [1.29, 1.82) is 0 Å². The third-order valence-corrected chi connectivity index (χ3v) is 3.54. The Morgan fingerprint density at radius 1 is 0.957 bits per heavy atom. The van der Waals surface area contributed by atoms with Crippen LogP contribution in [0.25, 0.3) is 0 Å². The summed E-state index contributed by atoms with van der Waals surface area (Å²) < 4.78 is 0. The second-order valence-corrected chi connectivity index (χ2v) is 5.66. The molecule has 2 aromatic carbocycles. The van der Waals surface area contributed by atoms with E-state index >= 15 is 0 Å². The number of amides is 2. The molecule has 0 aromatic heterocycles. The third-order valence-electron chi connectivity index (χ3n) is 3.54. The Hall–Kier alpha value is -2.62. The molecule has 0 radical (unpaired) electrons. The molecular weight excluding hydrogens is 288 g/mol. The van der Waals surface area contributed by atoms with Gasteiger partial charge in [0.25, 0.3) is 5.91 Å². The highest BCUT2D eigenvalue weighted by Gasteiger charge is 2.09. The lowest BCUT2D eigenvalue weighted by Gasteiger charge is -2.08. The van der Waals surface area contributed by atoms with Gasteiger partial charge in [-0.05, 0) is 50.1 Å². The van der Waals surface area contributed by atoms with Crippen LogP contribution in [0.4, 0.5) is 5.69 Å². The van der Waals surface area contributed by atoms with Crippen LogP contribution in [0.3, 0.4) is 0 Å². The van der Waals surface area contributed by atoms with Gasteiger partial charge in [0.1, 0.15) is 0 Å². The zero-order valence-corrected chi connectivity index (χ0v) is 13.8. The highest BCUT2D eigenvalue weighted by molar-refractivity contribution is 5.99. The van der Waals surface area contributed by atoms with Crippen LogP contribution in [0, 0.1) is 13.8 Å². The average Bonchev–Trinajstić information content (AvgIpc) is 2.52. The second-order valence-electron chi connectivity index (χ2n) is 5.66. The average molecular weight is 310 g/mol. The van der Waals surface area contributed by atoms with Gasteiger partial charge in [-0.25, -0.2) is 0 Å². The summed E-state index contributed by atoms with van der Waals surface area (Å²) in [6, 6.07) is 13.3. The molecule has 0 heterocycles. The van der Waals surface area contributed by atoms with Gasteiger partial charge >= 0.3 is 0 Å². The van der Waals surface area contributed by atoms with Crippen LogP contribution in [0.2, 0.25) is 0 Å². The fourth-order valence-electron chi connectivity index (χ4n) is 2.40. The van der Waals surface area contributed by atoms with Crippen molar-refractivity contribution in [2.24, 2.45) is 0 Å². The maximum Gasteiger partial charge on any atom is 0.251 e. The van der Waals surface area contributed by atoms with Gasteiger partial charge in [0.05, 0.1) is 6.54 Å². The molecule has 4 heteroatoms. The summed E-state index contributed by atoms with van der Waals surface area (Å²) in [5.41, 5.74) is 4.56. The number of nitrogens with one attached hydrogen (secondary N) is 2. The first-order chi connectivity index (χ1) is 11.0. The van der Waals surface area contributed by atoms with E-state index in [1.807, 2.05) is 56.3 Å². The van der Waals surface area contributed by atoms with Gasteiger partial charge in [0.2, 0.25) is 5.91 Å². The Morgan fingerprint density at radius 2 is 1.57 bits per heavy atom. The Kier molecular flexibility index (Phi) is 5.52. The standard InChI is InChI=1S/C19H22N2O2/c1-4-15-5-7-17(8-6-15)21-18(22)12-20-19(23)16-10-13(2)9-14(3)11-16/h5-11H,4,12H2,1-3H3,(H,20,23)(H,21,22). The second kappa shape index (κ2) is 7.58. The van der Waals surface area contributed by atoms with Crippen molar-refractivity contribution in [3.8, 4) is 0 Å². The predicted octanol–water partition coefficient (Wildman–Crippen LogP) is 3.23. The number of hydrogen-bond donors (Lipinski definition) is 2. The van der Waals surface area contributed by atoms with E-state index in [-0.39, 0.29) is 18.4 Å². The molecule has 2 amide bonds. The smallest absolute Gasteiger partial charge is 0.251 e. The first kappa shape index (κ1) is 16.7. The van der Waals surface area contributed by atoms with Crippen LogP contribution in [0.15, 0.2) is 42.5 Å². The molecule has 0 saturated heterocycles. The van der Waals surface area contributed by atoms with Crippen molar-refractivity contribution in [2.45, 2.75) is 27.2 Å². The molecule has 120 valence electrons. The summed E-state index contributed by atoms with van der Waals surface area (Å²) in [4.78, 5) is 24.0. The molecule has 4 nitrogen and oxygen atoms in total. The zero-order valence-electron chi connectivity index (χ0n) is 13.8. The van der Waals surface area contributed by atoms with Gasteiger partial charge in [-0.2, -0.15) is 0 Å². The van der Waals surface area contributed by atoms with Crippen LogP contribution in [0.1, 0.15) is 34.0 Å². The van der Waals surface area contributed by atoms with E-state index in [1.165, 1.54) is 5.56 Å². The molecule has 0 aliphatic heterocycles. The van der Waals surface area contributed by atoms with E-state index in [2.05, 4.69) is 17.6 Å². The maximum atomic E-state index is 12.1. The predicted molar refractivity (Wildman–Crippen MR) is 92.7 cm³/mol. The van der Waals surface area contributed by atoms with Gasteiger partial charge < -0.3 is 10.6 Å². The van der Waals surface area contributed by atoms with Crippen molar-refractivity contribution in [2.75, 3.05) is 11.9 Å². The molecule has 23 heavy (non-hydrogen) atoms. The molecule has 0 saturated carbocycles. The van der Waals surface area contributed by atoms with Crippen LogP contribution >= 0.6 is 0 Å². The van der Waals surface area contributed by atoms with Crippen LogP contribution < -0.4 is 10.6 Å². The summed E-state index contributed by atoms with van der Waals surface area (Å²) in [5, 5.41) is 5.41. The number of rotatable bonds is 5. The molecule has 0 unspecified atom stereocenters. The van der Waals surface area contributed by atoms with Crippen molar-refractivity contribution >= 4 is 17.5 Å². The Morgan fingerprint density at radius 3 is 2.13 bits per heavy atom. The van der Waals surface area contributed by atoms with E-state index in [0.29, 0.717) is 5.56 Å². The maximum absolute atomic E-state index is 12.1.